The SMILES string of the molecule is O=C(O)CC[C@@H](O)[C@H](O)C(=O)O. The number of hydrogen-bond acceptors (Lipinski definition) is 4. The number of carbonyl (C=O) groups is 2. The number of hydrogen-bond donors (Lipinski definition) is 4. The zero-order valence-corrected chi connectivity index (χ0v) is 6.17. The lowest BCUT2D eigenvalue weighted by atomic mass is 10.1. The maximum absolute atomic E-state index is 10.0. The molecule has 0 aromatic carbocycles. The summed E-state index contributed by atoms with van der Waals surface area (Å²) in [5.41, 5.74) is 0. The fraction of sp³-hybridized carbons (Fsp3) is 0.667. The van der Waals surface area contributed by atoms with Crippen molar-refractivity contribution in [1.29, 1.82) is 0 Å². The lowest BCUT2D eigenvalue weighted by molar-refractivity contribution is -0.154. The van der Waals surface area contributed by atoms with Gasteiger partial charge in [0.15, 0.2) is 6.10 Å². The van der Waals surface area contributed by atoms with Crippen molar-refractivity contribution in [2.75, 3.05) is 0 Å². The maximum Gasteiger partial charge on any atom is 0.335 e. The van der Waals surface area contributed by atoms with Crippen LogP contribution in [0.5, 0.6) is 0 Å². The molecule has 0 heterocycles. The van der Waals surface area contributed by atoms with E-state index in [9.17, 15) is 9.59 Å². The van der Waals surface area contributed by atoms with Crippen molar-refractivity contribution in [1.82, 2.24) is 0 Å². The molecule has 0 fully saturated rings. The van der Waals surface area contributed by atoms with Crippen molar-refractivity contribution in [2.24, 2.45) is 0 Å². The van der Waals surface area contributed by atoms with Crippen LogP contribution in [0.25, 0.3) is 0 Å². The molecule has 4 N–H and O–H groups in total. The van der Waals surface area contributed by atoms with Gasteiger partial charge in [0.2, 0.25) is 0 Å². The number of carboxylic acids is 2. The second kappa shape index (κ2) is 4.68. The highest BCUT2D eigenvalue weighted by Crippen LogP contribution is 2.02. The lowest BCUT2D eigenvalue weighted by Crippen LogP contribution is -2.33. The molecule has 0 unspecified atom stereocenters. The summed E-state index contributed by atoms with van der Waals surface area (Å²) in [6, 6.07) is 0. The molecule has 0 rings (SSSR count). The van der Waals surface area contributed by atoms with Crippen LogP contribution in [0.2, 0.25) is 0 Å². The average molecular weight is 178 g/mol. The van der Waals surface area contributed by atoms with Crippen LogP contribution in [-0.2, 0) is 9.59 Å². The molecule has 0 saturated heterocycles. The predicted molar refractivity (Wildman–Crippen MR) is 36.5 cm³/mol. The predicted octanol–water partition coefficient (Wildman–Crippen LogP) is -1.34. The summed E-state index contributed by atoms with van der Waals surface area (Å²) >= 11 is 0. The van der Waals surface area contributed by atoms with Gasteiger partial charge in [-0.2, -0.15) is 0 Å². The van der Waals surface area contributed by atoms with Gasteiger partial charge in [-0.15, -0.1) is 0 Å². The molecule has 0 bridgehead atoms. The molecule has 0 aromatic rings. The topological polar surface area (TPSA) is 115 Å². The average Bonchev–Trinajstić information content (AvgIpc) is 1.98. The van der Waals surface area contributed by atoms with E-state index >= 15 is 0 Å². The van der Waals surface area contributed by atoms with Gasteiger partial charge >= 0.3 is 11.9 Å². The van der Waals surface area contributed by atoms with Crippen molar-refractivity contribution < 1.29 is 30.0 Å². The lowest BCUT2D eigenvalue weighted by Gasteiger charge is -2.11. The highest BCUT2D eigenvalue weighted by Gasteiger charge is 2.23. The van der Waals surface area contributed by atoms with Crippen LogP contribution < -0.4 is 0 Å². The Kier molecular flexibility index (Phi) is 4.24. The monoisotopic (exact) mass is 178 g/mol. The van der Waals surface area contributed by atoms with Crippen LogP contribution in [0.15, 0.2) is 0 Å². The third kappa shape index (κ3) is 3.89. The maximum atomic E-state index is 10.0. The highest BCUT2D eigenvalue weighted by molar-refractivity contribution is 5.73. The Hall–Kier alpha value is -1.14. The molecule has 0 aliphatic carbocycles. The summed E-state index contributed by atoms with van der Waals surface area (Å²) in [4.78, 5) is 20.0. The quantitative estimate of drug-likeness (QED) is 0.414. The van der Waals surface area contributed by atoms with Crippen LogP contribution in [0.4, 0.5) is 0 Å². The molecule has 0 spiro atoms. The summed E-state index contributed by atoms with van der Waals surface area (Å²) in [6.07, 6.45) is -4.09. The van der Waals surface area contributed by atoms with Gasteiger partial charge < -0.3 is 20.4 Å². The van der Waals surface area contributed by atoms with E-state index in [4.69, 9.17) is 20.4 Å². The Morgan fingerprint density at radius 2 is 1.67 bits per heavy atom. The number of aliphatic hydroxyl groups excluding tert-OH is 2. The molecule has 6 heteroatoms. The molecule has 0 saturated carbocycles. The first-order valence-electron chi connectivity index (χ1n) is 3.26. The molecule has 0 aromatic heterocycles. The first-order chi connectivity index (χ1) is 5.45. The molecule has 2 atom stereocenters. The zero-order chi connectivity index (χ0) is 9.72. The summed E-state index contributed by atoms with van der Waals surface area (Å²) < 4.78 is 0. The van der Waals surface area contributed by atoms with Crippen molar-refractivity contribution in [2.45, 2.75) is 25.0 Å². The van der Waals surface area contributed by atoms with Crippen molar-refractivity contribution in [3.63, 3.8) is 0 Å². The Morgan fingerprint density at radius 1 is 1.17 bits per heavy atom. The summed E-state index contributed by atoms with van der Waals surface area (Å²) in [5.74, 6) is -2.71. The van der Waals surface area contributed by atoms with E-state index in [1.165, 1.54) is 0 Å². The number of rotatable bonds is 5. The number of aliphatic carboxylic acids is 2. The van der Waals surface area contributed by atoms with Crippen molar-refractivity contribution in [3.8, 4) is 0 Å². The summed E-state index contributed by atoms with van der Waals surface area (Å²) in [7, 11) is 0. The van der Waals surface area contributed by atoms with Crippen LogP contribution in [0.1, 0.15) is 12.8 Å². The molecule has 70 valence electrons. The Morgan fingerprint density at radius 3 is 2.00 bits per heavy atom. The summed E-state index contributed by atoms with van der Waals surface area (Å²) in [6.45, 7) is 0. The number of aliphatic hydroxyl groups is 2. The van der Waals surface area contributed by atoms with Gasteiger partial charge in [0.25, 0.3) is 0 Å². The highest BCUT2D eigenvalue weighted by atomic mass is 16.4. The molecule has 0 radical (unpaired) electrons. The van der Waals surface area contributed by atoms with Gasteiger partial charge in [-0.25, -0.2) is 4.79 Å². The van der Waals surface area contributed by atoms with Gasteiger partial charge in [0.1, 0.15) is 0 Å². The van der Waals surface area contributed by atoms with Gasteiger partial charge in [-0.05, 0) is 6.42 Å². The molecular formula is C6H10O6. The van der Waals surface area contributed by atoms with E-state index in [0.29, 0.717) is 0 Å². The second-order valence-corrected chi connectivity index (χ2v) is 2.28. The molecule has 12 heavy (non-hydrogen) atoms. The summed E-state index contributed by atoms with van der Waals surface area (Å²) in [5, 5.41) is 33.8. The van der Waals surface area contributed by atoms with Gasteiger partial charge in [-0.3, -0.25) is 4.79 Å². The number of carboxylic acid groups (broad SMARTS) is 2. The van der Waals surface area contributed by atoms with Crippen molar-refractivity contribution in [3.05, 3.63) is 0 Å². The molecule has 6 nitrogen and oxygen atoms in total. The zero-order valence-electron chi connectivity index (χ0n) is 6.17. The smallest absolute Gasteiger partial charge is 0.335 e. The minimum Gasteiger partial charge on any atom is -0.481 e. The Labute approximate surface area is 68.1 Å². The molecule has 0 aliphatic rings. The minimum atomic E-state index is -1.91. The van der Waals surface area contributed by atoms with Crippen LogP contribution >= 0.6 is 0 Å². The third-order valence-electron chi connectivity index (χ3n) is 1.27. The Balaban J connectivity index is 3.79. The fourth-order valence-electron chi connectivity index (χ4n) is 0.594. The van der Waals surface area contributed by atoms with E-state index in [1.54, 1.807) is 0 Å². The van der Waals surface area contributed by atoms with Crippen LogP contribution in [-0.4, -0.2) is 44.6 Å². The van der Waals surface area contributed by atoms with E-state index in [-0.39, 0.29) is 12.8 Å². The van der Waals surface area contributed by atoms with Gasteiger partial charge in [0.05, 0.1) is 6.10 Å². The minimum absolute atomic E-state index is 0.275. The van der Waals surface area contributed by atoms with E-state index < -0.39 is 24.1 Å². The third-order valence-corrected chi connectivity index (χ3v) is 1.27. The normalized spacial score (nSPS) is 15.2. The van der Waals surface area contributed by atoms with E-state index in [2.05, 4.69) is 0 Å². The largest absolute Gasteiger partial charge is 0.481 e. The molecule has 0 aliphatic heterocycles. The van der Waals surface area contributed by atoms with Crippen molar-refractivity contribution >= 4 is 11.9 Å². The Bertz CT molecular complexity index is 177. The first kappa shape index (κ1) is 10.9. The van der Waals surface area contributed by atoms with Gasteiger partial charge in [-0.1, -0.05) is 0 Å². The van der Waals surface area contributed by atoms with Crippen LogP contribution in [0.3, 0.4) is 0 Å². The molecule has 0 amide bonds. The molecular weight excluding hydrogens is 168 g/mol. The van der Waals surface area contributed by atoms with Gasteiger partial charge in [0, 0.05) is 6.42 Å². The fourth-order valence-corrected chi connectivity index (χ4v) is 0.594. The first-order valence-corrected chi connectivity index (χ1v) is 3.26. The standard InChI is InChI=1S/C6H10O6/c7-3(1-2-4(8)9)5(10)6(11)12/h3,5,7,10H,1-2H2,(H,8,9)(H,11,12)/t3-,5+/m1/s1. The van der Waals surface area contributed by atoms with Crippen LogP contribution in [0, 0.1) is 0 Å². The van der Waals surface area contributed by atoms with E-state index in [1.807, 2.05) is 0 Å². The second-order valence-electron chi connectivity index (χ2n) is 2.28. The van der Waals surface area contributed by atoms with E-state index in [0.717, 1.165) is 0 Å².